The summed E-state index contributed by atoms with van der Waals surface area (Å²) in [5.41, 5.74) is 0. The Morgan fingerprint density at radius 3 is 1.50 bits per heavy atom. The highest BCUT2D eigenvalue weighted by Crippen LogP contribution is 1.66. The van der Waals surface area contributed by atoms with Gasteiger partial charge in [0.2, 0.25) is 0 Å². The van der Waals surface area contributed by atoms with Gasteiger partial charge in [0.05, 0.1) is 0 Å². The van der Waals surface area contributed by atoms with Crippen molar-refractivity contribution in [3.8, 4) is 0 Å². The molecule has 2 N–H and O–H groups in total. The van der Waals surface area contributed by atoms with E-state index in [4.69, 9.17) is 10.2 Å². The number of aliphatic carboxylic acids is 2. The number of hydrogen-bond acceptors (Lipinski definition) is 4. The van der Waals surface area contributed by atoms with Gasteiger partial charge in [0, 0.05) is 0 Å². The molecule has 0 amide bonds. The first-order valence-electron chi connectivity index (χ1n) is 2.15. The standard InChI is InChI=1S/C4H4N2O4/c7-3(8)1-5-6-2-4(9)10/h1-2H,(H,7,8)(H,9,10)/b5-1+,6-2+. The van der Waals surface area contributed by atoms with Crippen LogP contribution in [0.4, 0.5) is 0 Å². The molecule has 0 aliphatic rings. The topological polar surface area (TPSA) is 99.3 Å². The van der Waals surface area contributed by atoms with Gasteiger partial charge in [0.25, 0.3) is 0 Å². The number of carboxylic acids is 2. The maximum atomic E-state index is 9.67. The first kappa shape index (κ1) is 8.28. The van der Waals surface area contributed by atoms with Crippen molar-refractivity contribution in [3.63, 3.8) is 0 Å². The van der Waals surface area contributed by atoms with E-state index in [0.29, 0.717) is 12.4 Å². The molecule has 0 unspecified atom stereocenters. The highest BCUT2D eigenvalue weighted by molar-refractivity contribution is 6.23. The molecule has 0 radical (unpaired) electrons. The normalized spacial score (nSPS) is 10.8. The predicted octanol–water partition coefficient (Wildman–Crippen LogP) is -0.788. The molecule has 0 aliphatic heterocycles. The van der Waals surface area contributed by atoms with Gasteiger partial charge in [0.15, 0.2) is 0 Å². The molecule has 6 heteroatoms. The van der Waals surface area contributed by atoms with E-state index in [0.717, 1.165) is 0 Å². The Balaban J connectivity index is 3.73. The molecular weight excluding hydrogens is 140 g/mol. The van der Waals surface area contributed by atoms with E-state index in [1.165, 1.54) is 0 Å². The van der Waals surface area contributed by atoms with Gasteiger partial charge in [-0.25, -0.2) is 9.59 Å². The van der Waals surface area contributed by atoms with Crippen LogP contribution in [0.15, 0.2) is 10.2 Å². The first-order chi connectivity index (χ1) is 4.63. The summed E-state index contributed by atoms with van der Waals surface area (Å²) in [7, 11) is 0. The third-order valence-corrected chi connectivity index (χ3v) is 0.403. The Bertz CT molecular complexity index is 173. The molecule has 0 heterocycles. The number of rotatable bonds is 3. The predicted molar refractivity (Wildman–Crippen MR) is 32.3 cm³/mol. The highest BCUT2D eigenvalue weighted by Gasteiger charge is 1.85. The lowest BCUT2D eigenvalue weighted by Crippen LogP contribution is -1.96. The summed E-state index contributed by atoms with van der Waals surface area (Å²) in [5, 5.41) is 21.6. The van der Waals surface area contributed by atoms with Gasteiger partial charge in [-0.2, -0.15) is 10.2 Å². The van der Waals surface area contributed by atoms with Crippen LogP contribution in [-0.2, 0) is 9.59 Å². The average Bonchev–Trinajstić information content (AvgIpc) is 1.79. The Kier molecular flexibility index (Phi) is 3.47. The summed E-state index contributed by atoms with van der Waals surface area (Å²) in [4.78, 5) is 19.3. The average molecular weight is 144 g/mol. The fourth-order valence-corrected chi connectivity index (χ4v) is 0.165. The molecule has 0 aromatic heterocycles. The third-order valence-electron chi connectivity index (χ3n) is 0.403. The van der Waals surface area contributed by atoms with Gasteiger partial charge in [-0.3, -0.25) is 0 Å². The van der Waals surface area contributed by atoms with Crippen molar-refractivity contribution in [2.24, 2.45) is 10.2 Å². The van der Waals surface area contributed by atoms with E-state index >= 15 is 0 Å². The van der Waals surface area contributed by atoms with Crippen LogP contribution in [0, 0.1) is 0 Å². The van der Waals surface area contributed by atoms with E-state index in [9.17, 15) is 9.59 Å². The van der Waals surface area contributed by atoms with Crippen molar-refractivity contribution >= 4 is 24.4 Å². The van der Waals surface area contributed by atoms with Crippen molar-refractivity contribution < 1.29 is 19.8 Å². The second-order valence-corrected chi connectivity index (χ2v) is 1.17. The summed E-state index contributed by atoms with van der Waals surface area (Å²) >= 11 is 0. The van der Waals surface area contributed by atoms with Gasteiger partial charge in [-0.1, -0.05) is 0 Å². The number of carboxylic acid groups (broad SMARTS) is 2. The number of nitrogens with zero attached hydrogens (tertiary/aromatic N) is 2. The van der Waals surface area contributed by atoms with Crippen molar-refractivity contribution in [1.29, 1.82) is 0 Å². The van der Waals surface area contributed by atoms with Crippen LogP contribution in [-0.4, -0.2) is 34.6 Å². The number of hydrogen-bond donors (Lipinski definition) is 2. The number of carbonyl (C=O) groups is 2. The van der Waals surface area contributed by atoms with Crippen molar-refractivity contribution in [1.82, 2.24) is 0 Å². The fourth-order valence-electron chi connectivity index (χ4n) is 0.165. The maximum absolute atomic E-state index is 9.67. The summed E-state index contributed by atoms with van der Waals surface area (Å²) in [6.45, 7) is 0. The lowest BCUT2D eigenvalue weighted by Gasteiger charge is -1.74. The highest BCUT2D eigenvalue weighted by atomic mass is 16.4. The zero-order valence-electron chi connectivity index (χ0n) is 4.76. The molecule has 0 saturated carbocycles. The second kappa shape index (κ2) is 4.19. The van der Waals surface area contributed by atoms with Crippen molar-refractivity contribution in [3.05, 3.63) is 0 Å². The van der Waals surface area contributed by atoms with Gasteiger partial charge < -0.3 is 10.2 Å². The van der Waals surface area contributed by atoms with Gasteiger partial charge >= 0.3 is 11.9 Å². The minimum absolute atomic E-state index is 0.486. The Labute approximate surface area is 55.5 Å². The van der Waals surface area contributed by atoms with E-state index in [1.54, 1.807) is 0 Å². The van der Waals surface area contributed by atoms with E-state index in [2.05, 4.69) is 10.2 Å². The molecule has 54 valence electrons. The van der Waals surface area contributed by atoms with E-state index in [-0.39, 0.29) is 0 Å². The molecule has 0 rings (SSSR count). The van der Waals surface area contributed by atoms with Gasteiger partial charge in [-0.15, -0.1) is 0 Å². The molecule has 0 saturated heterocycles. The minimum atomic E-state index is -1.28. The molecule has 10 heavy (non-hydrogen) atoms. The Morgan fingerprint density at radius 2 is 1.30 bits per heavy atom. The molecule has 0 spiro atoms. The maximum Gasteiger partial charge on any atom is 0.348 e. The molecule has 0 aromatic rings. The monoisotopic (exact) mass is 144 g/mol. The van der Waals surface area contributed by atoms with Crippen LogP contribution in [0.1, 0.15) is 0 Å². The van der Waals surface area contributed by atoms with Crippen molar-refractivity contribution in [2.75, 3.05) is 0 Å². The van der Waals surface area contributed by atoms with E-state index < -0.39 is 11.9 Å². The largest absolute Gasteiger partial charge is 0.477 e. The van der Waals surface area contributed by atoms with Crippen LogP contribution in [0.2, 0.25) is 0 Å². The summed E-state index contributed by atoms with van der Waals surface area (Å²) in [6.07, 6.45) is 0.971. The Morgan fingerprint density at radius 1 is 1.00 bits per heavy atom. The summed E-state index contributed by atoms with van der Waals surface area (Å²) in [5.74, 6) is -2.55. The fraction of sp³-hybridized carbons (Fsp3) is 0. The SMILES string of the molecule is O=C(O)/C=N/N=C/C(=O)O. The first-order valence-corrected chi connectivity index (χ1v) is 2.15. The van der Waals surface area contributed by atoms with Crippen LogP contribution in [0.5, 0.6) is 0 Å². The Hall–Kier alpha value is -1.72. The van der Waals surface area contributed by atoms with Crippen molar-refractivity contribution in [2.45, 2.75) is 0 Å². The zero-order chi connectivity index (χ0) is 7.98. The van der Waals surface area contributed by atoms with Crippen LogP contribution >= 0.6 is 0 Å². The van der Waals surface area contributed by atoms with E-state index in [1.807, 2.05) is 0 Å². The molecule has 0 fully saturated rings. The van der Waals surface area contributed by atoms with Gasteiger partial charge in [0.1, 0.15) is 12.4 Å². The molecule has 0 aliphatic carbocycles. The quantitative estimate of drug-likeness (QED) is 0.400. The van der Waals surface area contributed by atoms with Crippen LogP contribution in [0.3, 0.4) is 0 Å². The molecular formula is C4H4N2O4. The summed E-state index contributed by atoms with van der Waals surface area (Å²) in [6, 6.07) is 0. The third kappa shape index (κ3) is 6.28. The molecule has 0 aromatic carbocycles. The molecule has 6 nitrogen and oxygen atoms in total. The lowest BCUT2D eigenvalue weighted by molar-refractivity contribution is -0.129. The summed E-state index contributed by atoms with van der Waals surface area (Å²) < 4.78 is 0. The minimum Gasteiger partial charge on any atom is -0.477 e. The van der Waals surface area contributed by atoms with Crippen LogP contribution < -0.4 is 0 Å². The smallest absolute Gasteiger partial charge is 0.348 e. The van der Waals surface area contributed by atoms with Crippen LogP contribution in [0.25, 0.3) is 0 Å². The zero-order valence-corrected chi connectivity index (χ0v) is 4.76. The lowest BCUT2D eigenvalue weighted by atomic mass is 10.8. The molecule has 0 atom stereocenters. The second-order valence-electron chi connectivity index (χ2n) is 1.17. The van der Waals surface area contributed by atoms with Gasteiger partial charge in [-0.05, 0) is 0 Å². The molecule has 0 bridgehead atoms.